The fourth-order valence-electron chi connectivity index (χ4n) is 3.64. The van der Waals surface area contributed by atoms with Crippen LogP contribution in [0.1, 0.15) is 17.2 Å². The zero-order valence-electron chi connectivity index (χ0n) is 16.4. The van der Waals surface area contributed by atoms with Gasteiger partial charge in [-0.25, -0.2) is 4.39 Å². The highest BCUT2D eigenvalue weighted by molar-refractivity contribution is 6.51. The molecule has 1 amide bonds. The van der Waals surface area contributed by atoms with Crippen molar-refractivity contribution in [2.45, 2.75) is 6.04 Å². The van der Waals surface area contributed by atoms with Crippen molar-refractivity contribution in [1.29, 1.82) is 0 Å². The van der Waals surface area contributed by atoms with Crippen molar-refractivity contribution in [2.24, 2.45) is 0 Å². The number of aliphatic hydroxyl groups is 1. The summed E-state index contributed by atoms with van der Waals surface area (Å²) < 4.78 is 19.2. The fourth-order valence-corrected chi connectivity index (χ4v) is 3.83. The predicted octanol–water partition coefficient (Wildman–Crippen LogP) is 5.11. The SMILES string of the molecule is COc1cccc(C2/C(=C(\O)c3cccc(Cl)c3)C(=O)C(=O)N2c2cccc(F)c2)c1. The van der Waals surface area contributed by atoms with Gasteiger partial charge >= 0.3 is 0 Å². The highest BCUT2D eigenvalue weighted by atomic mass is 35.5. The maximum Gasteiger partial charge on any atom is 0.300 e. The fraction of sp³-hybridized carbons (Fsp3) is 0.0833. The Labute approximate surface area is 182 Å². The molecule has 0 aliphatic carbocycles. The lowest BCUT2D eigenvalue weighted by Gasteiger charge is -2.25. The van der Waals surface area contributed by atoms with E-state index in [-0.39, 0.29) is 22.6 Å². The third-order valence-electron chi connectivity index (χ3n) is 5.04. The predicted molar refractivity (Wildman–Crippen MR) is 116 cm³/mol. The zero-order valence-corrected chi connectivity index (χ0v) is 17.1. The van der Waals surface area contributed by atoms with Crippen LogP contribution in [0.5, 0.6) is 5.75 Å². The minimum absolute atomic E-state index is 0.121. The zero-order chi connectivity index (χ0) is 22.1. The standard InChI is InChI=1S/C24H17ClFNO4/c1-31-19-10-3-5-14(12-19)21-20(22(28)15-6-2-7-16(25)11-15)23(29)24(30)27(21)18-9-4-8-17(26)13-18/h2-13,21,28H,1H3/b22-20+. The molecule has 0 bridgehead atoms. The van der Waals surface area contributed by atoms with E-state index in [1.165, 1.54) is 36.3 Å². The van der Waals surface area contributed by atoms with Gasteiger partial charge in [0.1, 0.15) is 17.3 Å². The van der Waals surface area contributed by atoms with E-state index in [9.17, 15) is 19.1 Å². The number of ketones is 1. The van der Waals surface area contributed by atoms with Gasteiger partial charge in [-0.15, -0.1) is 0 Å². The van der Waals surface area contributed by atoms with Crippen molar-refractivity contribution in [3.05, 3.63) is 100 Å². The number of carbonyl (C=O) groups excluding carboxylic acids is 2. The Hall–Kier alpha value is -3.64. The first-order valence-electron chi connectivity index (χ1n) is 9.37. The molecule has 1 heterocycles. The van der Waals surface area contributed by atoms with Crippen LogP contribution in [0.15, 0.2) is 78.4 Å². The van der Waals surface area contributed by atoms with Gasteiger partial charge in [0.25, 0.3) is 11.7 Å². The van der Waals surface area contributed by atoms with Gasteiger partial charge in [-0.05, 0) is 48.0 Å². The molecule has 5 nitrogen and oxygen atoms in total. The molecule has 0 aromatic heterocycles. The van der Waals surface area contributed by atoms with Gasteiger partial charge in [-0.2, -0.15) is 0 Å². The molecule has 4 rings (SSSR count). The molecular weight excluding hydrogens is 421 g/mol. The second-order valence-corrected chi connectivity index (χ2v) is 7.37. The number of rotatable bonds is 4. The Kier molecular flexibility index (Phi) is 5.48. The first-order chi connectivity index (χ1) is 14.9. The largest absolute Gasteiger partial charge is 0.507 e. The summed E-state index contributed by atoms with van der Waals surface area (Å²) in [5.74, 6) is -2.17. The first-order valence-corrected chi connectivity index (χ1v) is 9.75. The van der Waals surface area contributed by atoms with Gasteiger partial charge in [0.2, 0.25) is 0 Å². The second-order valence-electron chi connectivity index (χ2n) is 6.94. The summed E-state index contributed by atoms with van der Waals surface area (Å²) in [6, 6.07) is 17.5. The number of anilines is 1. The number of methoxy groups -OCH3 is 1. The van der Waals surface area contributed by atoms with Crippen molar-refractivity contribution in [3.8, 4) is 5.75 Å². The maximum atomic E-state index is 13.9. The minimum atomic E-state index is -0.990. The number of ether oxygens (including phenoxy) is 1. The van der Waals surface area contributed by atoms with Gasteiger partial charge in [0, 0.05) is 16.3 Å². The minimum Gasteiger partial charge on any atom is -0.507 e. The number of Topliss-reactive ketones (excluding diaryl/α,β-unsaturated/α-hetero) is 1. The number of nitrogens with zero attached hydrogens (tertiary/aromatic N) is 1. The number of hydrogen-bond donors (Lipinski definition) is 1. The van der Waals surface area contributed by atoms with Gasteiger partial charge < -0.3 is 9.84 Å². The molecule has 156 valence electrons. The Morgan fingerprint density at radius 2 is 1.77 bits per heavy atom. The molecule has 31 heavy (non-hydrogen) atoms. The van der Waals surface area contributed by atoms with Crippen LogP contribution in [0.4, 0.5) is 10.1 Å². The molecule has 1 aliphatic heterocycles. The Bertz CT molecular complexity index is 1220. The van der Waals surface area contributed by atoms with Crippen LogP contribution in [-0.2, 0) is 9.59 Å². The topological polar surface area (TPSA) is 66.8 Å². The van der Waals surface area contributed by atoms with Gasteiger partial charge in [0.15, 0.2) is 0 Å². The summed E-state index contributed by atoms with van der Waals surface area (Å²) in [6.45, 7) is 0. The number of amides is 1. The number of benzene rings is 3. The van der Waals surface area contributed by atoms with E-state index in [1.54, 1.807) is 42.5 Å². The Morgan fingerprint density at radius 1 is 1.03 bits per heavy atom. The summed E-state index contributed by atoms with van der Waals surface area (Å²) in [6.07, 6.45) is 0. The molecule has 0 radical (unpaired) electrons. The average Bonchev–Trinajstić information content (AvgIpc) is 3.04. The Morgan fingerprint density at radius 3 is 2.48 bits per heavy atom. The highest BCUT2D eigenvalue weighted by Crippen LogP contribution is 2.43. The van der Waals surface area contributed by atoms with Crippen molar-refractivity contribution >= 4 is 34.7 Å². The van der Waals surface area contributed by atoms with E-state index in [1.807, 2.05) is 0 Å². The quantitative estimate of drug-likeness (QED) is 0.350. The lowest BCUT2D eigenvalue weighted by molar-refractivity contribution is -0.132. The van der Waals surface area contributed by atoms with Crippen LogP contribution in [0, 0.1) is 5.82 Å². The molecule has 1 unspecified atom stereocenters. The van der Waals surface area contributed by atoms with Crippen LogP contribution in [0.3, 0.4) is 0 Å². The summed E-state index contributed by atoms with van der Waals surface area (Å²) in [5, 5.41) is 11.4. The van der Waals surface area contributed by atoms with Crippen molar-refractivity contribution < 1.29 is 23.8 Å². The molecule has 1 atom stereocenters. The third kappa shape index (κ3) is 3.78. The normalized spacial score (nSPS) is 17.8. The number of hydrogen-bond acceptors (Lipinski definition) is 4. The smallest absolute Gasteiger partial charge is 0.300 e. The number of carbonyl (C=O) groups is 2. The lowest BCUT2D eigenvalue weighted by atomic mass is 9.95. The molecule has 1 aliphatic rings. The second kappa shape index (κ2) is 8.24. The molecule has 1 N–H and O–H groups in total. The molecule has 3 aromatic rings. The molecule has 1 saturated heterocycles. The van der Waals surface area contributed by atoms with Crippen LogP contribution < -0.4 is 9.64 Å². The van der Waals surface area contributed by atoms with E-state index in [4.69, 9.17) is 16.3 Å². The number of aliphatic hydroxyl groups excluding tert-OH is 1. The van der Waals surface area contributed by atoms with Crippen LogP contribution in [-0.4, -0.2) is 23.9 Å². The molecule has 0 saturated carbocycles. The summed E-state index contributed by atoms with van der Waals surface area (Å²) in [7, 11) is 1.49. The van der Waals surface area contributed by atoms with E-state index < -0.39 is 23.5 Å². The van der Waals surface area contributed by atoms with Gasteiger partial charge in [-0.1, -0.05) is 41.9 Å². The Balaban J connectivity index is 1.97. The molecule has 1 fully saturated rings. The molecule has 0 spiro atoms. The molecular formula is C24H17ClFNO4. The monoisotopic (exact) mass is 437 g/mol. The van der Waals surface area contributed by atoms with Crippen LogP contribution in [0.25, 0.3) is 5.76 Å². The highest BCUT2D eigenvalue weighted by Gasteiger charge is 2.47. The van der Waals surface area contributed by atoms with Gasteiger partial charge in [0.05, 0.1) is 18.7 Å². The van der Waals surface area contributed by atoms with E-state index in [2.05, 4.69) is 0 Å². The molecule has 7 heteroatoms. The van der Waals surface area contributed by atoms with Crippen molar-refractivity contribution in [2.75, 3.05) is 12.0 Å². The number of halogens is 2. The summed E-state index contributed by atoms with van der Waals surface area (Å²) in [5.41, 5.74) is 0.883. The van der Waals surface area contributed by atoms with E-state index in [0.29, 0.717) is 16.3 Å². The summed E-state index contributed by atoms with van der Waals surface area (Å²) in [4.78, 5) is 27.2. The van der Waals surface area contributed by atoms with Crippen LogP contribution in [0.2, 0.25) is 5.02 Å². The first kappa shape index (κ1) is 20.6. The lowest BCUT2D eigenvalue weighted by Crippen LogP contribution is -2.29. The van der Waals surface area contributed by atoms with E-state index >= 15 is 0 Å². The maximum absolute atomic E-state index is 13.9. The van der Waals surface area contributed by atoms with Crippen LogP contribution >= 0.6 is 11.6 Å². The molecule has 3 aromatic carbocycles. The summed E-state index contributed by atoms with van der Waals surface area (Å²) >= 11 is 6.04. The van der Waals surface area contributed by atoms with E-state index in [0.717, 1.165) is 6.07 Å². The third-order valence-corrected chi connectivity index (χ3v) is 5.27. The average molecular weight is 438 g/mol. The van der Waals surface area contributed by atoms with Gasteiger partial charge in [-0.3, -0.25) is 14.5 Å². The van der Waals surface area contributed by atoms with Crippen molar-refractivity contribution in [1.82, 2.24) is 0 Å². The van der Waals surface area contributed by atoms with Crippen molar-refractivity contribution in [3.63, 3.8) is 0 Å².